The summed E-state index contributed by atoms with van der Waals surface area (Å²) in [5.74, 6) is -3.02. The van der Waals surface area contributed by atoms with Gasteiger partial charge in [-0.1, -0.05) is 6.07 Å². The summed E-state index contributed by atoms with van der Waals surface area (Å²) in [7, 11) is 0. The van der Waals surface area contributed by atoms with Gasteiger partial charge in [0.2, 0.25) is 5.91 Å². The monoisotopic (exact) mass is 475 g/mol. The van der Waals surface area contributed by atoms with Gasteiger partial charge in [-0.05, 0) is 40.2 Å². The number of nitrogens with zero attached hydrogens (tertiary/aromatic N) is 1. The van der Waals surface area contributed by atoms with Gasteiger partial charge in [0.05, 0.1) is 16.9 Å². The summed E-state index contributed by atoms with van der Waals surface area (Å²) in [6, 6.07) is 4.77. The van der Waals surface area contributed by atoms with Crippen LogP contribution in [0, 0.1) is 5.82 Å². The Hall–Kier alpha value is -2.69. The minimum Gasteiger partial charge on any atom is -0.507 e. The van der Waals surface area contributed by atoms with Gasteiger partial charge in [-0.15, -0.1) is 0 Å². The van der Waals surface area contributed by atoms with E-state index in [1.54, 1.807) is 0 Å². The first-order valence-corrected chi connectivity index (χ1v) is 9.09. The number of rotatable bonds is 5. The van der Waals surface area contributed by atoms with Crippen molar-refractivity contribution in [2.75, 3.05) is 0 Å². The highest BCUT2D eigenvalue weighted by Crippen LogP contribution is 2.49. The number of aromatic nitrogens is 1. The van der Waals surface area contributed by atoms with E-state index in [0.29, 0.717) is 0 Å². The molecule has 1 aliphatic rings. The SMILES string of the molecule is O=C(Cc1cc(O)c(Br)cc1F)NC1CC1(NC(=O)c1ccccn1)C(F)(F)F. The van der Waals surface area contributed by atoms with E-state index in [0.717, 1.165) is 12.1 Å². The molecule has 154 valence electrons. The van der Waals surface area contributed by atoms with Gasteiger partial charge in [0.15, 0.2) is 5.54 Å². The minimum atomic E-state index is -4.82. The van der Waals surface area contributed by atoms with Gasteiger partial charge in [-0.2, -0.15) is 13.2 Å². The van der Waals surface area contributed by atoms with Crippen LogP contribution in [0.5, 0.6) is 5.75 Å². The van der Waals surface area contributed by atoms with Crippen LogP contribution >= 0.6 is 15.9 Å². The van der Waals surface area contributed by atoms with E-state index in [-0.39, 0.29) is 21.5 Å². The summed E-state index contributed by atoms with van der Waals surface area (Å²) in [4.78, 5) is 27.9. The molecule has 1 aliphatic carbocycles. The Balaban J connectivity index is 1.70. The molecule has 2 unspecified atom stereocenters. The second kappa shape index (κ2) is 7.62. The lowest BCUT2D eigenvalue weighted by Crippen LogP contribution is -2.53. The van der Waals surface area contributed by atoms with Gasteiger partial charge in [-0.25, -0.2) is 4.39 Å². The second-order valence-electron chi connectivity index (χ2n) is 6.53. The van der Waals surface area contributed by atoms with Crippen LogP contribution < -0.4 is 10.6 Å². The van der Waals surface area contributed by atoms with Gasteiger partial charge in [0.25, 0.3) is 5.91 Å². The van der Waals surface area contributed by atoms with E-state index >= 15 is 0 Å². The number of carbonyl (C=O) groups excluding carboxylic acids is 2. The molecule has 1 aromatic carbocycles. The number of hydrogen-bond acceptors (Lipinski definition) is 4. The lowest BCUT2D eigenvalue weighted by Gasteiger charge is -2.22. The molecule has 1 aromatic heterocycles. The second-order valence-corrected chi connectivity index (χ2v) is 7.39. The summed E-state index contributed by atoms with van der Waals surface area (Å²) in [6.45, 7) is 0. The van der Waals surface area contributed by atoms with Crippen molar-refractivity contribution < 1.29 is 32.3 Å². The van der Waals surface area contributed by atoms with Gasteiger partial charge in [-0.3, -0.25) is 14.6 Å². The maximum Gasteiger partial charge on any atom is 0.413 e. The molecule has 29 heavy (non-hydrogen) atoms. The number of hydrogen-bond donors (Lipinski definition) is 3. The third-order valence-corrected chi connectivity index (χ3v) is 5.14. The highest BCUT2D eigenvalue weighted by atomic mass is 79.9. The zero-order valence-corrected chi connectivity index (χ0v) is 16.1. The molecule has 0 aliphatic heterocycles. The fraction of sp³-hybridized carbons (Fsp3) is 0.278. The summed E-state index contributed by atoms with van der Waals surface area (Å²) in [5.41, 5.74) is -3.00. The highest BCUT2D eigenvalue weighted by molar-refractivity contribution is 9.10. The quantitative estimate of drug-likeness (QED) is 0.580. The maximum atomic E-state index is 13.9. The molecular weight excluding hydrogens is 462 g/mol. The first kappa shape index (κ1) is 21.0. The number of alkyl halides is 3. The van der Waals surface area contributed by atoms with E-state index in [4.69, 9.17) is 0 Å². The van der Waals surface area contributed by atoms with Crippen LogP contribution in [0.2, 0.25) is 0 Å². The molecule has 1 fully saturated rings. The van der Waals surface area contributed by atoms with Crippen molar-refractivity contribution in [1.29, 1.82) is 0 Å². The lowest BCUT2D eigenvalue weighted by atomic mass is 10.1. The topological polar surface area (TPSA) is 91.3 Å². The predicted molar refractivity (Wildman–Crippen MR) is 96.5 cm³/mol. The molecule has 2 aromatic rings. The molecule has 1 heterocycles. The summed E-state index contributed by atoms with van der Waals surface area (Å²) in [6.07, 6.45) is -4.69. The molecule has 2 amide bonds. The number of aromatic hydroxyl groups is 1. The first-order valence-electron chi connectivity index (χ1n) is 8.30. The molecule has 2 atom stereocenters. The zero-order valence-electron chi connectivity index (χ0n) is 14.6. The van der Waals surface area contributed by atoms with E-state index in [1.807, 2.05) is 5.32 Å². The van der Waals surface area contributed by atoms with Crippen molar-refractivity contribution in [1.82, 2.24) is 15.6 Å². The molecule has 0 radical (unpaired) electrons. The number of carbonyl (C=O) groups is 2. The Morgan fingerprint density at radius 1 is 1.31 bits per heavy atom. The molecule has 0 spiro atoms. The largest absolute Gasteiger partial charge is 0.507 e. The van der Waals surface area contributed by atoms with Crippen LogP contribution in [0.3, 0.4) is 0 Å². The Morgan fingerprint density at radius 3 is 2.66 bits per heavy atom. The normalized spacial score (nSPS) is 20.8. The van der Waals surface area contributed by atoms with Crippen LogP contribution in [0.4, 0.5) is 17.6 Å². The molecule has 11 heteroatoms. The van der Waals surface area contributed by atoms with Crippen LogP contribution in [0.1, 0.15) is 22.5 Å². The van der Waals surface area contributed by atoms with Crippen LogP contribution in [0.15, 0.2) is 41.0 Å². The highest BCUT2D eigenvalue weighted by Gasteiger charge is 2.72. The molecule has 0 bridgehead atoms. The first-order chi connectivity index (χ1) is 13.5. The number of benzene rings is 1. The average Bonchev–Trinajstić information content (AvgIpc) is 3.33. The Kier molecular flexibility index (Phi) is 5.52. The lowest BCUT2D eigenvalue weighted by molar-refractivity contribution is -0.165. The van der Waals surface area contributed by atoms with E-state index in [2.05, 4.69) is 26.2 Å². The number of phenols is 1. The van der Waals surface area contributed by atoms with Crippen LogP contribution in [-0.2, 0) is 11.2 Å². The van der Waals surface area contributed by atoms with Crippen molar-refractivity contribution in [3.63, 3.8) is 0 Å². The number of amides is 2. The number of pyridine rings is 1. The molecule has 3 N–H and O–H groups in total. The zero-order chi connectivity index (χ0) is 21.4. The molecule has 6 nitrogen and oxygen atoms in total. The van der Waals surface area contributed by atoms with Gasteiger partial charge in [0, 0.05) is 18.2 Å². The minimum absolute atomic E-state index is 0.0784. The number of phenolic OH excluding ortho intramolecular Hbond substituents is 1. The Labute approximate surface area is 170 Å². The van der Waals surface area contributed by atoms with E-state index in [9.17, 15) is 32.3 Å². The average molecular weight is 476 g/mol. The van der Waals surface area contributed by atoms with Crippen molar-refractivity contribution in [3.05, 3.63) is 58.1 Å². The van der Waals surface area contributed by atoms with Gasteiger partial charge >= 0.3 is 6.18 Å². The fourth-order valence-electron chi connectivity index (χ4n) is 2.86. The summed E-state index contributed by atoms with van der Waals surface area (Å²) >= 11 is 2.91. The van der Waals surface area contributed by atoms with E-state index in [1.165, 1.54) is 24.4 Å². The standard InChI is InChI=1S/C18H14BrF4N3O3/c19-10-7-11(20)9(5-13(10)27)6-15(28)25-14-8-17(14,18(21,22)23)26-16(29)12-3-1-2-4-24-12/h1-5,7,14,27H,6,8H2,(H,25,28)(H,26,29). The summed E-state index contributed by atoms with van der Waals surface area (Å²) < 4.78 is 54.7. The Morgan fingerprint density at radius 2 is 2.03 bits per heavy atom. The van der Waals surface area contributed by atoms with Crippen molar-refractivity contribution >= 4 is 27.7 Å². The molecule has 0 saturated heterocycles. The molecule has 1 saturated carbocycles. The number of halogens is 5. The maximum absolute atomic E-state index is 13.9. The fourth-order valence-corrected chi connectivity index (χ4v) is 3.17. The molecule has 3 rings (SSSR count). The Bertz CT molecular complexity index is 955. The van der Waals surface area contributed by atoms with Crippen molar-refractivity contribution in [2.45, 2.75) is 30.6 Å². The van der Waals surface area contributed by atoms with Crippen LogP contribution in [0.25, 0.3) is 0 Å². The number of nitrogens with one attached hydrogen (secondary N) is 2. The van der Waals surface area contributed by atoms with Gasteiger partial charge < -0.3 is 15.7 Å². The van der Waals surface area contributed by atoms with Gasteiger partial charge in [0.1, 0.15) is 17.3 Å². The van der Waals surface area contributed by atoms with Crippen LogP contribution in [-0.4, -0.2) is 39.7 Å². The third-order valence-electron chi connectivity index (χ3n) is 4.50. The third kappa shape index (κ3) is 4.34. The van der Waals surface area contributed by atoms with E-state index < -0.39 is 48.2 Å². The molecular formula is C18H14BrF4N3O3. The van der Waals surface area contributed by atoms with Crippen molar-refractivity contribution in [2.24, 2.45) is 0 Å². The predicted octanol–water partition coefficient (Wildman–Crippen LogP) is 2.85. The summed E-state index contributed by atoms with van der Waals surface area (Å²) in [5, 5.41) is 13.7. The smallest absolute Gasteiger partial charge is 0.413 e. The van der Waals surface area contributed by atoms with Crippen molar-refractivity contribution in [3.8, 4) is 5.75 Å².